The molecule has 2 aromatic carbocycles. The Morgan fingerprint density at radius 3 is 2.61 bits per heavy atom. The van der Waals surface area contributed by atoms with Crippen LogP contribution in [-0.4, -0.2) is 35.8 Å². The van der Waals surface area contributed by atoms with Crippen molar-refractivity contribution in [2.45, 2.75) is 5.16 Å². The standard InChI is InChI=1S/C22H20N4O3S2/c1-28-15-8-6-13(7-9-15)17-11-30-21-19(17)20(23)25-22(26-21)31-12-18(27)24-14-4-3-5-16(10-14)29-2/h3-11H,12H2,1-2H3,(H,24,27)(H2,23,25,26). The number of hydrogen-bond acceptors (Lipinski definition) is 8. The molecule has 1 amide bonds. The van der Waals surface area contributed by atoms with Crippen LogP contribution >= 0.6 is 23.1 Å². The van der Waals surface area contributed by atoms with Gasteiger partial charge in [-0.3, -0.25) is 4.79 Å². The molecule has 0 bridgehead atoms. The van der Waals surface area contributed by atoms with E-state index in [0.717, 1.165) is 27.1 Å². The fraction of sp³-hybridized carbons (Fsp3) is 0.136. The number of fused-ring (bicyclic) bond motifs is 1. The highest BCUT2D eigenvalue weighted by atomic mass is 32.2. The molecule has 7 nitrogen and oxygen atoms in total. The van der Waals surface area contributed by atoms with E-state index in [0.29, 0.717) is 22.4 Å². The van der Waals surface area contributed by atoms with Gasteiger partial charge >= 0.3 is 0 Å². The second-order valence-electron chi connectivity index (χ2n) is 6.52. The van der Waals surface area contributed by atoms with Crippen LogP contribution in [0.25, 0.3) is 21.3 Å². The first-order valence-electron chi connectivity index (χ1n) is 9.33. The van der Waals surface area contributed by atoms with Gasteiger partial charge in [-0.05, 0) is 29.8 Å². The van der Waals surface area contributed by atoms with Crippen LogP contribution in [0.1, 0.15) is 0 Å². The monoisotopic (exact) mass is 452 g/mol. The van der Waals surface area contributed by atoms with Crippen LogP contribution in [0.15, 0.2) is 59.1 Å². The van der Waals surface area contributed by atoms with E-state index in [-0.39, 0.29) is 11.7 Å². The fourth-order valence-corrected chi connectivity index (χ4v) is 4.69. The number of thioether (sulfide) groups is 1. The Morgan fingerprint density at radius 2 is 1.87 bits per heavy atom. The normalized spacial score (nSPS) is 10.8. The summed E-state index contributed by atoms with van der Waals surface area (Å²) >= 11 is 2.74. The number of nitrogens with zero attached hydrogens (tertiary/aromatic N) is 2. The third kappa shape index (κ3) is 4.73. The molecule has 31 heavy (non-hydrogen) atoms. The van der Waals surface area contributed by atoms with Crippen LogP contribution < -0.4 is 20.5 Å². The van der Waals surface area contributed by atoms with Gasteiger partial charge in [-0.2, -0.15) is 0 Å². The minimum absolute atomic E-state index is 0.161. The first kappa shape index (κ1) is 21.0. The first-order valence-corrected chi connectivity index (χ1v) is 11.2. The number of thiophene rings is 1. The van der Waals surface area contributed by atoms with Gasteiger partial charge in [-0.25, -0.2) is 9.97 Å². The molecule has 0 aliphatic rings. The molecule has 0 saturated carbocycles. The van der Waals surface area contributed by atoms with Crippen molar-refractivity contribution in [2.24, 2.45) is 0 Å². The summed E-state index contributed by atoms with van der Waals surface area (Å²) in [5.41, 5.74) is 8.92. The molecule has 0 fully saturated rings. The van der Waals surface area contributed by atoms with Crippen LogP contribution in [0.2, 0.25) is 0 Å². The summed E-state index contributed by atoms with van der Waals surface area (Å²) in [6, 6.07) is 15.0. The average Bonchev–Trinajstić information content (AvgIpc) is 3.22. The van der Waals surface area contributed by atoms with Crippen LogP contribution in [0.4, 0.5) is 11.5 Å². The Bertz CT molecular complexity index is 1230. The summed E-state index contributed by atoms with van der Waals surface area (Å²) in [6.45, 7) is 0. The molecule has 9 heteroatoms. The zero-order valence-electron chi connectivity index (χ0n) is 16.9. The average molecular weight is 453 g/mol. The maximum atomic E-state index is 12.3. The minimum atomic E-state index is -0.161. The summed E-state index contributed by atoms with van der Waals surface area (Å²) in [4.78, 5) is 22.1. The summed E-state index contributed by atoms with van der Waals surface area (Å²) in [6.07, 6.45) is 0. The predicted molar refractivity (Wildman–Crippen MR) is 126 cm³/mol. The van der Waals surface area contributed by atoms with Gasteiger partial charge in [0.1, 0.15) is 22.1 Å². The van der Waals surface area contributed by atoms with Crippen molar-refractivity contribution in [3.05, 3.63) is 53.9 Å². The molecule has 0 aliphatic carbocycles. The van der Waals surface area contributed by atoms with E-state index in [1.807, 2.05) is 41.8 Å². The highest BCUT2D eigenvalue weighted by Crippen LogP contribution is 2.37. The maximum Gasteiger partial charge on any atom is 0.234 e. The number of nitrogens with two attached hydrogens (primary N) is 1. The molecular formula is C22H20N4O3S2. The van der Waals surface area contributed by atoms with Crippen molar-refractivity contribution in [1.29, 1.82) is 0 Å². The number of ether oxygens (including phenoxy) is 2. The number of benzene rings is 2. The van der Waals surface area contributed by atoms with Gasteiger partial charge in [-0.1, -0.05) is 30.0 Å². The Balaban J connectivity index is 1.48. The number of anilines is 2. The van der Waals surface area contributed by atoms with Crippen molar-refractivity contribution < 1.29 is 14.3 Å². The Hall–Kier alpha value is -3.30. The highest BCUT2D eigenvalue weighted by molar-refractivity contribution is 7.99. The van der Waals surface area contributed by atoms with E-state index < -0.39 is 0 Å². The molecule has 3 N–H and O–H groups in total. The Kier molecular flexibility index (Phi) is 6.24. The lowest BCUT2D eigenvalue weighted by atomic mass is 10.1. The second-order valence-corrected chi connectivity index (χ2v) is 8.32. The summed E-state index contributed by atoms with van der Waals surface area (Å²) in [7, 11) is 3.22. The number of rotatable bonds is 7. The molecule has 158 valence electrons. The Morgan fingerprint density at radius 1 is 1.10 bits per heavy atom. The lowest BCUT2D eigenvalue weighted by molar-refractivity contribution is -0.113. The predicted octanol–water partition coefficient (Wildman–Crippen LogP) is 4.69. The molecule has 0 radical (unpaired) electrons. The molecule has 0 unspecified atom stereocenters. The Labute approximate surface area is 187 Å². The van der Waals surface area contributed by atoms with Gasteiger partial charge in [0.25, 0.3) is 0 Å². The van der Waals surface area contributed by atoms with Crippen LogP contribution in [-0.2, 0) is 4.79 Å². The van der Waals surface area contributed by atoms with E-state index in [1.165, 1.54) is 23.1 Å². The zero-order chi connectivity index (χ0) is 21.8. The lowest BCUT2D eigenvalue weighted by Gasteiger charge is -2.07. The summed E-state index contributed by atoms with van der Waals surface area (Å²) in [5.74, 6) is 1.87. The number of methoxy groups -OCH3 is 2. The van der Waals surface area contributed by atoms with Crippen molar-refractivity contribution in [1.82, 2.24) is 9.97 Å². The molecule has 0 aliphatic heterocycles. The topological polar surface area (TPSA) is 99.4 Å². The number of amides is 1. The van der Waals surface area contributed by atoms with Gasteiger partial charge in [0, 0.05) is 22.7 Å². The van der Waals surface area contributed by atoms with Crippen molar-refractivity contribution >= 4 is 50.7 Å². The van der Waals surface area contributed by atoms with Gasteiger partial charge in [-0.15, -0.1) is 11.3 Å². The second kappa shape index (κ2) is 9.23. The lowest BCUT2D eigenvalue weighted by Crippen LogP contribution is -2.14. The molecule has 0 saturated heterocycles. The van der Waals surface area contributed by atoms with Gasteiger partial charge in [0.15, 0.2) is 5.16 Å². The van der Waals surface area contributed by atoms with E-state index in [9.17, 15) is 4.79 Å². The quantitative estimate of drug-likeness (QED) is 0.310. The van der Waals surface area contributed by atoms with Crippen molar-refractivity contribution in [3.63, 3.8) is 0 Å². The van der Waals surface area contributed by atoms with E-state index in [4.69, 9.17) is 15.2 Å². The molecule has 0 spiro atoms. The first-order chi connectivity index (χ1) is 15.1. The third-order valence-electron chi connectivity index (χ3n) is 4.53. The molecule has 4 rings (SSSR count). The molecule has 4 aromatic rings. The van der Waals surface area contributed by atoms with Gasteiger partial charge in [0.05, 0.1) is 25.4 Å². The molecular weight excluding hydrogens is 432 g/mol. The van der Waals surface area contributed by atoms with Crippen LogP contribution in [0, 0.1) is 0 Å². The SMILES string of the molecule is COc1ccc(-c2csc3nc(SCC(=O)Nc4cccc(OC)c4)nc(N)c23)cc1. The van der Waals surface area contributed by atoms with Crippen molar-refractivity contribution in [3.8, 4) is 22.6 Å². The smallest absolute Gasteiger partial charge is 0.234 e. The maximum absolute atomic E-state index is 12.3. The number of carbonyl (C=O) groups excluding carboxylic acids is 1. The fourth-order valence-electron chi connectivity index (χ4n) is 3.02. The summed E-state index contributed by atoms with van der Waals surface area (Å²) in [5, 5.41) is 6.14. The number of nitrogens with one attached hydrogen (secondary N) is 1. The number of hydrogen-bond donors (Lipinski definition) is 2. The van der Waals surface area contributed by atoms with Crippen molar-refractivity contribution in [2.75, 3.05) is 31.0 Å². The zero-order valence-corrected chi connectivity index (χ0v) is 18.5. The largest absolute Gasteiger partial charge is 0.497 e. The molecule has 2 heterocycles. The summed E-state index contributed by atoms with van der Waals surface area (Å²) < 4.78 is 10.4. The third-order valence-corrected chi connectivity index (χ3v) is 6.25. The van der Waals surface area contributed by atoms with E-state index in [2.05, 4.69) is 15.3 Å². The number of nitrogen functional groups attached to an aromatic ring is 1. The van der Waals surface area contributed by atoms with Crippen LogP contribution in [0.5, 0.6) is 11.5 Å². The van der Waals surface area contributed by atoms with Crippen LogP contribution in [0.3, 0.4) is 0 Å². The number of carbonyl (C=O) groups is 1. The molecule has 2 aromatic heterocycles. The number of aromatic nitrogens is 2. The van der Waals surface area contributed by atoms with E-state index >= 15 is 0 Å². The van der Waals surface area contributed by atoms with Gasteiger partial charge in [0.2, 0.25) is 5.91 Å². The molecule has 0 atom stereocenters. The minimum Gasteiger partial charge on any atom is -0.497 e. The van der Waals surface area contributed by atoms with Gasteiger partial charge < -0.3 is 20.5 Å². The highest BCUT2D eigenvalue weighted by Gasteiger charge is 2.15. The van der Waals surface area contributed by atoms with E-state index in [1.54, 1.807) is 26.4 Å².